The van der Waals surface area contributed by atoms with Crippen molar-refractivity contribution in [2.24, 2.45) is 0 Å². The molecule has 1 atom stereocenters. The molecule has 0 aliphatic rings. The average Bonchev–Trinajstić information content (AvgIpc) is 2.90. The smallest absolute Gasteiger partial charge is 0.344 e. The third kappa shape index (κ3) is 4.10. The highest BCUT2D eigenvalue weighted by Crippen LogP contribution is 2.17. The Hall–Kier alpha value is -2.34. The number of carbonyl (C=O) groups is 2. The third-order valence-electron chi connectivity index (χ3n) is 3.24. The zero-order chi connectivity index (χ0) is 17.0. The van der Waals surface area contributed by atoms with Crippen molar-refractivity contribution in [1.82, 2.24) is 5.16 Å². The number of carbonyl (C=O) groups excluding carboxylic acids is 2. The lowest BCUT2D eigenvalue weighted by Gasteiger charge is -2.13. The van der Waals surface area contributed by atoms with E-state index in [9.17, 15) is 9.59 Å². The molecule has 0 saturated carbocycles. The molecule has 0 bridgehead atoms. The van der Waals surface area contributed by atoms with E-state index in [2.05, 4.69) is 10.5 Å². The van der Waals surface area contributed by atoms with Crippen LogP contribution in [0.4, 0.5) is 5.69 Å². The molecule has 1 N–H and O–H groups in total. The number of nitrogens with one attached hydrogen (secondary N) is 1. The van der Waals surface area contributed by atoms with Crippen molar-refractivity contribution in [2.45, 2.75) is 33.3 Å². The number of aryl methyl sites for hydroxylation is 2. The Morgan fingerprint density at radius 2 is 2.00 bits per heavy atom. The van der Waals surface area contributed by atoms with Gasteiger partial charge in [0.1, 0.15) is 11.3 Å². The Labute approximate surface area is 138 Å². The van der Waals surface area contributed by atoms with E-state index < -0.39 is 18.0 Å². The van der Waals surface area contributed by atoms with E-state index in [0.717, 1.165) is 0 Å². The van der Waals surface area contributed by atoms with Crippen LogP contribution in [0.1, 0.15) is 35.7 Å². The van der Waals surface area contributed by atoms with Crippen molar-refractivity contribution in [3.05, 3.63) is 46.3 Å². The fourth-order valence-corrected chi connectivity index (χ4v) is 2.10. The Kier molecular flexibility index (Phi) is 5.39. The predicted molar refractivity (Wildman–Crippen MR) is 85.6 cm³/mol. The normalized spacial score (nSPS) is 11.8. The van der Waals surface area contributed by atoms with Crippen LogP contribution >= 0.6 is 11.6 Å². The number of benzene rings is 1. The summed E-state index contributed by atoms with van der Waals surface area (Å²) in [7, 11) is 0. The van der Waals surface area contributed by atoms with Crippen LogP contribution in [0.3, 0.4) is 0 Å². The van der Waals surface area contributed by atoms with Gasteiger partial charge in [0, 0.05) is 10.7 Å². The lowest BCUT2D eigenvalue weighted by Crippen LogP contribution is -2.30. The van der Waals surface area contributed by atoms with E-state index in [-0.39, 0.29) is 5.56 Å². The number of hydrogen-bond acceptors (Lipinski definition) is 5. The summed E-state index contributed by atoms with van der Waals surface area (Å²) in [5, 5.41) is 7.01. The molecule has 0 spiro atoms. The summed E-state index contributed by atoms with van der Waals surface area (Å²) in [6.45, 7) is 4.98. The van der Waals surface area contributed by atoms with Gasteiger partial charge in [-0.3, -0.25) is 4.79 Å². The van der Waals surface area contributed by atoms with Gasteiger partial charge in [-0.15, -0.1) is 0 Å². The van der Waals surface area contributed by atoms with E-state index in [1.807, 2.05) is 6.92 Å². The molecule has 0 saturated heterocycles. The molecule has 23 heavy (non-hydrogen) atoms. The first-order valence-corrected chi connectivity index (χ1v) is 7.52. The van der Waals surface area contributed by atoms with Crippen LogP contribution in [0.5, 0.6) is 0 Å². The van der Waals surface area contributed by atoms with Crippen LogP contribution in [0.15, 0.2) is 28.8 Å². The minimum absolute atomic E-state index is 0.277. The molecular formula is C16H17ClN2O4. The van der Waals surface area contributed by atoms with Gasteiger partial charge in [0.25, 0.3) is 5.91 Å². The summed E-state index contributed by atoms with van der Waals surface area (Å²) in [6, 6.07) is 6.63. The van der Waals surface area contributed by atoms with Gasteiger partial charge in [-0.25, -0.2) is 4.79 Å². The number of aromatic nitrogens is 1. The summed E-state index contributed by atoms with van der Waals surface area (Å²) >= 11 is 5.78. The van der Waals surface area contributed by atoms with Gasteiger partial charge in [-0.2, -0.15) is 0 Å². The van der Waals surface area contributed by atoms with Crippen LogP contribution in [-0.2, 0) is 16.0 Å². The fraction of sp³-hybridized carbons (Fsp3) is 0.312. The van der Waals surface area contributed by atoms with Crippen LogP contribution in [-0.4, -0.2) is 23.1 Å². The SMILES string of the molecule is CCc1noc(C)c1C(=O)O[C@@H](C)C(=O)Nc1ccc(Cl)cc1. The maximum Gasteiger partial charge on any atom is 0.344 e. The molecule has 0 aliphatic heterocycles. The first-order valence-electron chi connectivity index (χ1n) is 7.15. The lowest BCUT2D eigenvalue weighted by molar-refractivity contribution is -0.123. The van der Waals surface area contributed by atoms with Gasteiger partial charge in [0.2, 0.25) is 0 Å². The number of halogens is 1. The Morgan fingerprint density at radius 3 is 2.61 bits per heavy atom. The summed E-state index contributed by atoms with van der Waals surface area (Å²) in [5.74, 6) is -0.690. The van der Waals surface area contributed by atoms with Gasteiger partial charge >= 0.3 is 5.97 Å². The van der Waals surface area contributed by atoms with Gasteiger partial charge in [-0.1, -0.05) is 23.7 Å². The highest BCUT2D eigenvalue weighted by molar-refractivity contribution is 6.30. The molecule has 2 aromatic rings. The number of nitrogens with zero attached hydrogens (tertiary/aromatic N) is 1. The van der Waals surface area contributed by atoms with Crippen LogP contribution < -0.4 is 5.32 Å². The van der Waals surface area contributed by atoms with Crippen LogP contribution in [0.2, 0.25) is 5.02 Å². The third-order valence-corrected chi connectivity index (χ3v) is 3.49. The highest BCUT2D eigenvalue weighted by Gasteiger charge is 2.25. The molecule has 6 nitrogen and oxygen atoms in total. The zero-order valence-corrected chi connectivity index (χ0v) is 13.8. The summed E-state index contributed by atoms with van der Waals surface area (Å²) in [6.07, 6.45) is -0.426. The molecule has 1 aromatic carbocycles. The largest absolute Gasteiger partial charge is 0.449 e. The lowest BCUT2D eigenvalue weighted by atomic mass is 10.1. The molecule has 122 valence electrons. The molecule has 0 radical (unpaired) electrons. The maximum atomic E-state index is 12.2. The second-order valence-corrected chi connectivity index (χ2v) is 5.39. The topological polar surface area (TPSA) is 81.4 Å². The van der Waals surface area contributed by atoms with E-state index >= 15 is 0 Å². The van der Waals surface area contributed by atoms with E-state index in [4.69, 9.17) is 20.9 Å². The molecule has 0 fully saturated rings. The number of hydrogen-bond donors (Lipinski definition) is 1. The van der Waals surface area contributed by atoms with Crippen molar-refractivity contribution in [2.75, 3.05) is 5.32 Å². The van der Waals surface area contributed by atoms with E-state index in [1.165, 1.54) is 6.92 Å². The first-order chi connectivity index (χ1) is 10.9. The van der Waals surface area contributed by atoms with Crippen molar-refractivity contribution < 1.29 is 18.8 Å². The molecular weight excluding hydrogens is 320 g/mol. The minimum Gasteiger partial charge on any atom is -0.449 e. The molecule has 0 aliphatic carbocycles. The standard InChI is InChI=1S/C16H17ClN2O4/c1-4-13-14(9(2)23-19-13)16(21)22-10(3)15(20)18-12-7-5-11(17)6-8-12/h5-8,10H,4H2,1-3H3,(H,18,20)/t10-/m0/s1. The van der Waals surface area contributed by atoms with Gasteiger partial charge in [0.05, 0.1) is 5.69 Å². The van der Waals surface area contributed by atoms with E-state index in [1.54, 1.807) is 31.2 Å². The Morgan fingerprint density at radius 1 is 1.35 bits per heavy atom. The quantitative estimate of drug-likeness (QED) is 0.846. The van der Waals surface area contributed by atoms with Crippen LogP contribution in [0.25, 0.3) is 0 Å². The molecule has 0 unspecified atom stereocenters. The molecule has 7 heteroatoms. The highest BCUT2D eigenvalue weighted by atomic mass is 35.5. The zero-order valence-electron chi connectivity index (χ0n) is 13.1. The van der Waals surface area contributed by atoms with Gasteiger partial charge in [0.15, 0.2) is 6.10 Å². The number of ether oxygens (including phenoxy) is 1. The Balaban J connectivity index is 2.01. The first kappa shape index (κ1) is 17.0. The predicted octanol–water partition coefficient (Wildman–Crippen LogP) is 3.38. The number of anilines is 1. The van der Waals surface area contributed by atoms with Crippen molar-refractivity contribution in [1.29, 1.82) is 0 Å². The van der Waals surface area contributed by atoms with E-state index in [0.29, 0.717) is 28.6 Å². The number of rotatable bonds is 5. The second kappa shape index (κ2) is 7.28. The fourth-order valence-electron chi connectivity index (χ4n) is 1.97. The van der Waals surface area contributed by atoms with Crippen molar-refractivity contribution in [3.8, 4) is 0 Å². The summed E-state index contributed by atoms with van der Waals surface area (Å²) < 4.78 is 10.2. The second-order valence-electron chi connectivity index (χ2n) is 4.96. The average molecular weight is 337 g/mol. The minimum atomic E-state index is -0.961. The molecule has 1 aromatic heterocycles. The molecule has 2 rings (SSSR count). The number of esters is 1. The van der Waals surface area contributed by atoms with Gasteiger partial charge in [-0.05, 0) is 44.5 Å². The molecule has 1 amide bonds. The Bertz CT molecular complexity index is 709. The van der Waals surface area contributed by atoms with Crippen LogP contribution in [0, 0.1) is 6.92 Å². The summed E-state index contributed by atoms with van der Waals surface area (Å²) in [5.41, 5.74) is 1.36. The molecule has 1 heterocycles. The van der Waals surface area contributed by atoms with Gasteiger partial charge < -0.3 is 14.6 Å². The van der Waals surface area contributed by atoms with Crippen molar-refractivity contribution >= 4 is 29.2 Å². The van der Waals surface area contributed by atoms with Crippen molar-refractivity contribution in [3.63, 3.8) is 0 Å². The maximum absolute atomic E-state index is 12.2. The summed E-state index contributed by atoms with van der Waals surface area (Å²) in [4.78, 5) is 24.3. The monoisotopic (exact) mass is 336 g/mol. The number of amides is 1.